The second-order valence-electron chi connectivity index (χ2n) is 4.21. The van der Waals surface area contributed by atoms with E-state index in [0.29, 0.717) is 15.6 Å². The molecule has 0 saturated carbocycles. The maximum Gasteiger partial charge on any atom is 0.128 e. The zero-order valence-electron chi connectivity index (χ0n) is 9.75. The first-order chi connectivity index (χ1) is 8.47. The van der Waals surface area contributed by atoms with E-state index >= 15 is 0 Å². The highest BCUT2D eigenvalue weighted by atomic mass is 79.9. The van der Waals surface area contributed by atoms with Crippen LogP contribution >= 0.6 is 15.9 Å². The van der Waals surface area contributed by atoms with Gasteiger partial charge in [-0.05, 0) is 36.8 Å². The van der Waals surface area contributed by atoms with Crippen LogP contribution in [0.25, 0.3) is 0 Å². The zero-order valence-corrected chi connectivity index (χ0v) is 11.3. The number of nitrogens with two attached hydrogens (primary N) is 1. The van der Waals surface area contributed by atoms with Crippen molar-refractivity contribution in [2.24, 2.45) is 5.73 Å². The number of halogens is 3. The van der Waals surface area contributed by atoms with Crippen molar-refractivity contribution in [2.75, 3.05) is 0 Å². The van der Waals surface area contributed by atoms with Crippen LogP contribution < -0.4 is 5.73 Å². The van der Waals surface area contributed by atoms with Gasteiger partial charge in [0.25, 0.3) is 0 Å². The Morgan fingerprint density at radius 3 is 2.50 bits per heavy atom. The maximum absolute atomic E-state index is 13.7. The lowest BCUT2D eigenvalue weighted by Crippen LogP contribution is -2.14. The monoisotopic (exact) mass is 311 g/mol. The summed E-state index contributed by atoms with van der Waals surface area (Å²) in [7, 11) is 0. The van der Waals surface area contributed by atoms with E-state index in [9.17, 15) is 8.78 Å². The molecule has 0 aliphatic rings. The first-order valence-corrected chi connectivity index (χ1v) is 6.24. The van der Waals surface area contributed by atoms with Crippen LogP contribution in [0.3, 0.4) is 0 Å². The van der Waals surface area contributed by atoms with Gasteiger partial charge in [0.15, 0.2) is 0 Å². The van der Waals surface area contributed by atoms with Gasteiger partial charge in [-0.3, -0.25) is 0 Å². The summed E-state index contributed by atoms with van der Waals surface area (Å²) in [5.74, 6) is -0.781. The summed E-state index contributed by atoms with van der Waals surface area (Å²) < 4.78 is 27.6. The van der Waals surface area contributed by atoms with Crippen molar-refractivity contribution >= 4 is 15.9 Å². The van der Waals surface area contributed by atoms with Gasteiger partial charge in [-0.1, -0.05) is 33.6 Å². The molecule has 4 heteroatoms. The topological polar surface area (TPSA) is 26.0 Å². The maximum atomic E-state index is 13.7. The minimum atomic E-state index is -0.683. The van der Waals surface area contributed by atoms with E-state index in [4.69, 9.17) is 5.73 Å². The average Bonchev–Trinajstić information content (AvgIpc) is 2.30. The van der Waals surface area contributed by atoms with E-state index < -0.39 is 11.9 Å². The smallest absolute Gasteiger partial charge is 0.128 e. The van der Waals surface area contributed by atoms with E-state index in [1.807, 2.05) is 6.92 Å². The van der Waals surface area contributed by atoms with Gasteiger partial charge in [-0.15, -0.1) is 0 Å². The molecule has 0 aliphatic heterocycles. The van der Waals surface area contributed by atoms with Gasteiger partial charge in [0.1, 0.15) is 11.6 Å². The molecule has 2 aromatic rings. The molecule has 2 aromatic carbocycles. The molecule has 0 aromatic heterocycles. The highest BCUT2D eigenvalue weighted by Gasteiger charge is 2.15. The molecule has 2 rings (SSSR count). The summed E-state index contributed by atoms with van der Waals surface area (Å²) in [6.45, 7) is 1.86. The van der Waals surface area contributed by atoms with Crippen LogP contribution in [0.15, 0.2) is 40.9 Å². The second-order valence-corrected chi connectivity index (χ2v) is 5.12. The standard InChI is InChI=1S/C14H12BrF2N/c1-8-2-3-13(17)12(4-8)14(18)9-5-10(15)7-11(16)6-9/h2-7,14H,18H2,1H3. The highest BCUT2D eigenvalue weighted by Crippen LogP contribution is 2.26. The minimum absolute atomic E-state index is 0.368. The van der Waals surface area contributed by atoms with Gasteiger partial charge in [0.2, 0.25) is 0 Å². The van der Waals surface area contributed by atoms with E-state index in [2.05, 4.69) is 15.9 Å². The molecule has 1 nitrogen and oxygen atoms in total. The van der Waals surface area contributed by atoms with Crippen molar-refractivity contribution in [2.45, 2.75) is 13.0 Å². The van der Waals surface area contributed by atoms with E-state index in [-0.39, 0.29) is 5.82 Å². The number of aryl methyl sites for hydroxylation is 1. The molecule has 1 unspecified atom stereocenters. The molecule has 0 saturated heterocycles. The Hall–Kier alpha value is -1.26. The lowest BCUT2D eigenvalue weighted by atomic mass is 9.97. The third-order valence-electron chi connectivity index (χ3n) is 2.73. The van der Waals surface area contributed by atoms with E-state index in [0.717, 1.165) is 5.56 Å². The summed E-state index contributed by atoms with van der Waals surface area (Å²) in [6, 6.07) is 8.39. The number of hydrogen-bond donors (Lipinski definition) is 1. The lowest BCUT2D eigenvalue weighted by molar-refractivity contribution is 0.595. The van der Waals surface area contributed by atoms with Gasteiger partial charge in [0.05, 0.1) is 6.04 Å². The van der Waals surface area contributed by atoms with Gasteiger partial charge in [-0.25, -0.2) is 8.78 Å². The fourth-order valence-corrected chi connectivity index (χ4v) is 2.32. The van der Waals surface area contributed by atoms with Gasteiger partial charge < -0.3 is 5.73 Å². The SMILES string of the molecule is Cc1ccc(F)c(C(N)c2cc(F)cc(Br)c2)c1. The van der Waals surface area contributed by atoms with E-state index in [1.165, 1.54) is 18.2 Å². The molecular formula is C14H12BrF2N. The fraction of sp³-hybridized carbons (Fsp3) is 0.143. The predicted octanol–water partition coefficient (Wildman–Crippen LogP) is 4.08. The molecule has 2 N–H and O–H groups in total. The molecule has 0 fully saturated rings. The summed E-state index contributed by atoms with van der Waals surface area (Å²) in [5.41, 5.74) is 7.81. The minimum Gasteiger partial charge on any atom is -0.320 e. The van der Waals surface area contributed by atoms with Gasteiger partial charge in [-0.2, -0.15) is 0 Å². The first-order valence-electron chi connectivity index (χ1n) is 5.45. The average molecular weight is 312 g/mol. The van der Waals surface area contributed by atoms with Crippen molar-refractivity contribution in [1.29, 1.82) is 0 Å². The summed E-state index contributed by atoms with van der Waals surface area (Å²) >= 11 is 3.20. The molecule has 18 heavy (non-hydrogen) atoms. The van der Waals surface area contributed by atoms with Gasteiger partial charge >= 0.3 is 0 Å². The molecule has 0 amide bonds. The fourth-order valence-electron chi connectivity index (χ4n) is 1.84. The van der Waals surface area contributed by atoms with Crippen LogP contribution in [0.5, 0.6) is 0 Å². The van der Waals surface area contributed by atoms with Crippen molar-refractivity contribution in [3.63, 3.8) is 0 Å². The number of rotatable bonds is 2. The molecule has 94 valence electrons. The van der Waals surface area contributed by atoms with Crippen LogP contribution in [0.4, 0.5) is 8.78 Å². The largest absolute Gasteiger partial charge is 0.320 e. The Morgan fingerprint density at radius 1 is 1.11 bits per heavy atom. The summed E-state index contributed by atoms with van der Waals surface area (Å²) in [5, 5.41) is 0. The second kappa shape index (κ2) is 5.16. The lowest BCUT2D eigenvalue weighted by Gasteiger charge is -2.14. The number of benzene rings is 2. The Labute approximate surface area is 113 Å². The molecule has 0 heterocycles. The molecule has 0 spiro atoms. The molecular weight excluding hydrogens is 300 g/mol. The molecule has 0 radical (unpaired) electrons. The highest BCUT2D eigenvalue weighted by molar-refractivity contribution is 9.10. The number of hydrogen-bond acceptors (Lipinski definition) is 1. The van der Waals surface area contributed by atoms with Crippen molar-refractivity contribution in [3.05, 3.63) is 69.2 Å². The van der Waals surface area contributed by atoms with E-state index in [1.54, 1.807) is 18.2 Å². The van der Waals surface area contributed by atoms with Crippen LogP contribution in [-0.2, 0) is 0 Å². The Balaban J connectivity index is 2.47. The third kappa shape index (κ3) is 2.76. The first kappa shape index (κ1) is 13.2. The van der Waals surface area contributed by atoms with Crippen molar-refractivity contribution in [1.82, 2.24) is 0 Å². The van der Waals surface area contributed by atoms with Crippen LogP contribution in [0, 0.1) is 18.6 Å². The molecule has 0 bridgehead atoms. The Bertz CT molecular complexity index is 564. The van der Waals surface area contributed by atoms with Crippen LogP contribution in [0.2, 0.25) is 0 Å². The van der Waals surface area contributed by atoms with Gasteiger partial charge in [0, 0.05) is 10.0 Å². The van der Waals surface area contributed by atoms with Crippen LogP contribution in [-0.4, -0.2) is 0 Å². The normalized spacial score (nSPS) is 12.5. The zero-order chi connectivity index (χ0) is 13.3. The van der Waals surface area contributed by atoms with Crippen LogP contribution in [0.1, 0.15) is 22.7 Å². The summed E-state index contributed by atoms with van der Waals surface area (Å²) in [4.78, 5) is 0. The van der Waals surface area contributed by atoms with Crippen molar-refractivity contribution in [3.8, 4) is 0 Å². The Morgan fingerprint density at radius 2 is 1.83 bits per heavy atom. The predicted molar refractivity (Wildman–Crippen MR) is 71.3 cm³/mol. The third-order valence-corrected chi connectivity index (χ3v) is 3.19. The molecule has 0 aliphatic carbocycles. The van der Waals surface area contributed by atoms with Crippen molar-refractivity contribution < 1.29 is 8.78 Å². The Kier molecular flexibility index (Phi) is 3.78. The summed E-state index contributed by atoms with van der Waals surface area (Å²) in [6.07, 6.45) is 0. The quantitative estimate of drug-likeness (QED) is 0.888. The molecule has 1 atom stereocenters.